The molecule has 1 amide bonds. The van der Waals surface area contributed by atoms with E-state index in [0.717, 1.165) is 17.8 Å². The second-order valence-corrected chi connectivity index (χ2v) is 11.9. The van der Waals surface area contributed by atoms with Gasteiger partial charge in [-0.05, 0) is 69.6 Å². The lowest BCUT2D eigenvalue weighted by Gasteiger charge is -2.34. The third kappa shape index (κ3) is 6.30. The highest BCUT2D eigenvalue weighted by Crippen LogP contribution is 2.26. The van der Waals surface area contributed by atoms with Crippen molar-refractivity contribution in [3.63, 3.8) is 0 Å². The lowest BCUT2D eigenvalue weighted by atomic mass is 9.94. The van der Waals surface area contributed by atoms with E-state index in [1.165, 1.54) is 48.5 Å². The van der Waals surface area contributed by atoms with E-state index in [9.17, 15) is 13.2 Å². The summed E-state index contributed by atoms with van der Waals surface area (Å²) in [4.78, 5) is 15.6. The van der Waals surface area contributed by atoms with Crippen LogP contribution in [0.15, 0.2) is 53.4 Å². The largest absolute Gasteiger partial charge is 0.373 e. The normalized spacial score (nSPS) is 22.3. The SMILES string of the molecule is CC1CN(S(=O)(=O)c2ccc(C(=O)Nc3ccccc3CN(C)C3CCCCC3)cc2)CC(C)O1. The molecule has 0 bridgehead atoms. The van der Waals surface area contributed by atoms with Crippen molar-refractivity contribution in [3.8, 4) is 0 Å². The fourth-order valence-electron chi connectivity index (χ4n) is 5.15. The molecule has 1 saturated heterocycles. The van der Waals surface area contributed by atoms with Crippen LogP contribution in [0.4, 0.5) is 5.69 Å². The number of carbonyl (C=O) groups is 1. The molecule has 7 nitrogen and oxygen atoms in total. The van der Waals surface area contributed by atoms with E-state index in [4.69, 9.17) is 4.74 Å². The molecule has 0 aromatic heterocycles. The van der Waals surface area contributed by atoms with E-state index in [1.54, 1.807) is 12.1 Å². The van der Waals surface area contributed by atoms with Gasteiger partial charge >= 0.3 is 0 Å². The average molecular weight is 500 g/mol. The molecule has 1 N–H and O–H groups in total. The van der Waals surface area contributed by atoms with Gasteiger partial charge in [0.25, 0.3) is 5.91 Å². The monoisotopic (exact) mass is 499 g/mol. The Morgan fingerprint density at radius 2 is 1.63 bits per heavy atom. The number of amides is 1. The van der Waals surface area contributed by atoms with Crippen LogP contribution in [0, 0.1) is 0 Å². The van der Waals surface area contributed by atoms with Crippen molar-refractivity contribution in [2.75, 3.05) is 25.5 Å². The van der Waals surface area contributed by atoms with E-state index >= 15 is 0 Å². The molecule has 1 aliphatic heterocycles. The highest BCUT2D eigenvalue weighted by Gasteiger charge is 2.32. The van der Waals surface area contributed by atoms with Crippen LogP contribution >= 0.6 is 0 Å². The molecule has 2 aromatic carbocycles. The summed E-state index contributed by atoms with van der Waals surface area (Å²) in [6.45, 7) is 5.16. The Morgan fingerprint density at radius 3 is 2.29 bits per heavy atom. The smallest absolute Gasteiger partial charge is 0.255 e. The maximum Gasteiger partial charge on any atom is 0.255 e. The predicted molar refractivity (Wildman–Crippen MR) is 138 cm³/mol. The maximum absolute atomic E-state index is 13.1. The third-order valence-electron chi connectivity index (χ3n) is 7.02. The van der Waals surface area contributed by atoms with Crippen LogP contribution < -0.4 is 5.32 Å². The van der Waals surface area contributed by atoms with Crippen LogP contribution in [-0.2, 0) is 21.3 Å². The summed E-state index contributed by atoms with van der Waals surface area (Å²) < 4.78 is 33.3. The summed E-state index contributed by atoms with van der Waals surface area (Å²) in [5, 5.41) is 3.03. The number of nitrogens with one attached hydrogen (secondary N) is 1. The lowest BCUT2D eigenvalue weighted by Crippen LogP contribution is -2.48. The number of anilines is 1. The molecule has 35 heavy (non-hydrogen) atoms. The number of hydrogen-bond acceptors (Lipinski definition) is 5. The molecular formula is C27H37N3O4S. The van der Waals surface area contributed by atoms with Gasteiger partial charge in [-0.15, -0.1) is 0 Å². The van der Waals surface area contributed by atoms with Crippen LogP contribution in [0.1, 0.15) is 61.9 Å². The minimum Gasteiger partial charge on any atom is -0.373 e. The van der Waals surface area contributed by atoms with E-state index in [-0.39, 0.29) is 23.0 Å². The summed E-state index contributed by atoms with van der Waals surface area (Å²) in [7, 11) is -1.49. The fraction of sp³-hybridized carbons (Fsp3) is 0.519. The van der Waals surface area contributed by atoms with Crippen LogP contribution in [0.2, 0.25) is 0 Å². The van der Waals surface area contributed by atoms with Crippen LogP contribution in [0.25, 0.3) is 0 Å². The molecule has 2 aliphatic rings. The standard InChI is InChI=1S/C27H37N3O4S/c1-20-17-30(18-21(2)34-20)35(32,33)25-15-13-22(14-16-25)27(31)28-26-12-8-7-9-23(26)19-29(3)24-10-5-4-6-11-24/h7-9,12-16,20-21,24H,4-6,10-11,17-19H2,1-3H3,(H,28,31). The van der Waals surface area contributed by atoms with Gasteiger partial charge in [-0.1, -0.05) is 37.5 Å². The van der Waals surface area contributed by atoms with Gasteiger partial charge < -0.3 is 10.1 Å². The Kier molecular flexibility index (Phi) is 8.27. The van der Waals surface area contributed by atoms with Crippen molar-refractivity contribution in [1.82, 2.24) is 9.21 Å². The summed E-state index contributed by atoms with van der Waals surface area (Å²) in [5.74, 6) is -0.254. The molecule has 1 heterocycles. The molecule has 4 rings (SSSR count). The van der Waals surface area contributed by atoms with Gasteiger partial charge in [-0.25, -0.2) is 8.42 Å². The van der Waals surface area contributed by atoms with Gasteiger partial charge in [-0.3, -0.25) is 9.69 Å². The third-order valence-corrected chi connectivity index (χ3v) is 8.87. The van der Waals surface area contributed by atoms with Gasteiger partial charge in [0.15, 0.2) is 0 Å². The van der Waals surface area contributed by atoms with E-state index in [0.29, 0.717) is 24.7 Å². The van der Waals surface area contributed by atoms with Gasteiger partial charge in [0.1, 0.15) is 0 Å². The van der Waals surface area contributed by atoms with Gasteiger partial charge in [0.2, 0.25) is 10.0 Å². The van der Waals surface area contributed by atoms with Crippen LogP contribution in [-0.4, -0.2) is 61.9 Å². The van der Waals surface area contributed by atoms with E-state index in [2.05, 4.69) is 23.3 Å². The predicted octanol–water partition coefficient (Wildman–Crippen LogP) is 4.50. The molecule has 1 saturated carbocycles. The number of ether oxygens (including phenoxy) is 1. The van der Waals surface area contributed by atoms with Gasteiger partial charge in [-0.2, -0.15) is 4.31 Å². The number of carbonyl (C=O) groups excluding carboxylic acids is 1. The minimum atomic E-state index is -3.64. The first-order valence-electron chi connectivity index (χ1n) is 12.6. The van der Waals surface area contributed by atoms with Crippen molar-refractivity contribution in [2.24, 2.45) is 0 Å². The molecule has 1 aliphatic carbocycles. The quantitative estimate of drug-likeness (QED) is 0.607. The Bertz CT molecular complexity index is 1100. The average Bonchev–Trinajstić information content (AvgIpc) is 2.85. The molecule has 2 unspecified atom stereocenters. The highest BCUT2D eigenvalue weighted by atomic mass is 32.2. The number of para-hydroxylation sites is 1. The number of rotatable bonds is 7. The minimum absolute atomic E-state index is 0.157. The Hall–Kier alpha value is -2.26. The zero-order chi connectivity index (χ0) is 25.0. The molecule has 190 valence electrons. The Balaban J connectivity index is 1.43. The second-order valence-electron chi connectivity index (χ2n) is 9.92. The molecular weight excluding hydrogens is 462 g/mol. The zero-order valence-electron chi connectivity index (χ0n) is 20.9. The maximum atomic E-state index is 13.1. The van der Waals surface area contributed by atoms with Crippen molar-refractivity contribution < 1.29 is 17.9 Å². The fourth-order valence-corrected chi connectivity index (χ4v) is 6.74. The topological polar surface area (TPSA) is 79.0 Å². The first-order chi connectivity index (χ1) is 16.7. The van der Waals surface area contributed by atoms with E-state index < -0.39 is 10.0 Å². The van der Waals surface area contributed by atoms with Crippen LogP contribution in [0.5, 0.6) is 0 Å². The first kappa shape index (κ1) is 25.8. The van der Waals surface area contributed by atoms with E-state index in [1.807, 2.05) is 32.0 Å². The Morgan fingerprint density at radius 1 is 1.00 bits per heavy atom. The molecule has 2 fully saturated rings. The summed E-state index contributed by atoms with van der Waals surface area (Å²) in [6.07, 6.45) is 6.02. The highest BCUT2D eigenvalue weighted by molar-refractivity contribution is 7.89. The number of sulfonamides is 1. The van der Waals surface area contributed by atoms with Gasteiger partial charge in [0.05, 0.1) is 17.1 Å². The summed E-state index contributed by atoms with van der Waals surface area (Å²) in [6, 6.07) is 14.6. The number of benzene rings is 2. The Labute approximate surface area is 209 Å². The van der Waals surface area contributed by atoms with Crippen molar-refractivity contribution in [2.45, 2.75) is 75.6 Å². The molecule has 2 aromatic rings. The molecule has 0 spiro atoms. The lowest BCUT2D eigenvalue weighted by molar-refractivity contribution is -0.0440. The van der Waals surface area contributed by atoms with Gasteiger partial charge in [0, 0.05) is 36.9 Å². The molecule has 0 radical (unpaired) electrons. The number of nitrogens with zero attached hydrogens (tertiary/aromatic N) is 2. The summed E-state index contributed by atoms with van der Waals surface area (Å²) in [5.41, 5.74) is 2.28. The summed E-state index contributed by atoms with van der Waals surface area (Å²) >= 11 is 0. The molecule has 8 heteroatoms. The number of morpholine rings is 1. The van der Waals surface area contributed by atoms with Crippen molar-refractivity contribution in [3.05, 3.63) is 59.7 Å². The first-order valence-corrected chi connectivity index (χ1v) is 14.0. The van der Waals surface area contributed by atoms with Crippen molar-refractivity contribution in [1.29, 1.82) is 0 Å². The molecule has 2 atom stereocenters. The van der Waals surface area contributed by atoms with Crippen molar-refractivity contribution >= 4 is 21.6 Å². The van der Waals surface area contributed by atoms with Crippen LogP contribution in [0.3, 0.4) is 0 Å². The second kappa shape index (κ2) is 11.2. The zero-order valence-corrected chi connectivity index (χ0v) is 21.8. The number of hydrogen-bond donors (Lipinski definition) is 1.